The molecule has 0 saturated carbocycles. The first-order chi connectivity index (χ1) is 11.7. The van der Waals surface area contributed by atoms with Gasteiger partial charge in [0.15, 0.2) is 0 Å². The van der Waals surface area contributed by atoms with Gasteiger partial charge in [0.1, 0.15) is 5.60 Å². The lowest BCUT2D eigenvalue weighted by Gasteiger charge is -2.32. The molecule has 1 saturated heterocycles. The number of benzene rings is 1. The lowest BCUT2D eigenvalue weighted by atomic mass is 10.1. The van der Waals surface area contributed by atoms with Crippen molar-refractivity contribution in [3.05, 3.63) is 41.5 Å². The van der Waals surface area contributed by atoms with Crippen LogP contribution in [0.25, 0.3) is 6.08 Å². The highest BCUT2D eigenvalue weighted by Crippen LogP contribution is 2.13. The van der Waals surface area contributed by atoms with E-state index < -0.39 is 11.7 Å². The van der Waals surface area contributed by atoms with Gasteiger partial charge in [0.05, 0.1) is 0 Å². The molecule has 1 aromatic rings. The number of carbonyl (C=O) groups is 2. The number of nitrogens with one attached hydrogen (secondary N) is 1. The molecule has 5 nitrogen and oxygen atoms in total. The summed E-state index contributed by atoms with van der Waals surface area (Å²) in [5.74, 6) is 0.0105. The molecule has 2 rings (SSSR count). The van der Waals surface area contributed by atoms with Crippen LogP contribution in [-0.2, 0) is 9.53 Å². The standard InChI is InChI=1S/C20H28N2O3/c1-15-5-7-16(8-6-15)9-10-18(23)22-13-11-17(12-14-22)21-19(24)25-20(2,3)4/h5-10,17H,11-14H2,1-4H3,(H,21,24)/b10-9+. The van der Waals surface area contributed by atoms with E-state index in [0.717, 1.165) is 18.4 Å². The van der Waals surface area contributed by atoms with E-state index in [-0.39, 0.29) is 11.9 Å². The Morgan fingerprint density at radius 1 is 1.16 bits per heavy atom. The van der Waals surface area contributed by atoms with Crippen molar-refractivity contribution in [3.8, 4) is 0 Å². The number of rotatable bonds is 3. The summed E-state index contributed by atoms with van der Waals surface area (Å²) in [6, 6.07) is 8.10. The summed E-state index contributed by atoms with van der Waals surface area (Å²) >= 11 is 0. The molecular weight excluding hydrogens is 316 g/mol. The number of amides is 2. The number of likely N-dealkylation sites (tertiary alicyclic amines) is 1. The first kappa shape index (κ1) is 19.0. The Hall–Kier alpha value is -2.30. The second-order valence-electron chi connectivity index (χ2n) is 7.49. The summed E-state index contributed by atoms with van der Waals surface area (Å²) in [5.41, 5.74) is 1.71. The van der Waals surface area contributed by atoms with Gasteiger partial charge < -0.3 is 15.0 Å². The molecule has 0 spiro atoms. The van der Waals surface area contributed by atoms with Crippen molar-refractivity contribution >= 4 is 18.1 Å². The van der Waals surface area contributed by atoms with E-state index in [4.69, 9.17) is 4.74 Å². The summed E-state index contributed by atoms with van der Waals surface area (Å²) in [7, 11) is 0. The molecule has 0 radical (unpaired) electrons. The smallest absolute Gasteiger partial charge is 0.407 e. The van der Waals surface area contributed by atoms with Crippen LogP contribution in [0.5, 0.6) is 0 Å². The second kappa shape index (κ2) is 8.19. The summed E-state index contributed by atoms with van der Waals surface area (Å²) < 4.78 is 5.27. The molecule has 0 unspecified atom stereocenters. The number of hydrogen-bond acceptors (Lipinski definition) is 3. The molecule has 1 fully saturated rings. The van der Waals surface area contributed by atoms with E-state index >= 15 is 0 Å². The zero-order chi connectivity index (χ0) is 18.4. The lowest BCUT2D eigenvalue weighted by molar-refractivity contribution is -0.127. The van der Waals surface area contributed by atoms with Gasteiger partial charge in [-0.05, 0) is 52.2 Å². The monoisotopic (exact) mass is 344 g/mol. The van der Waals surface area contributed by atoms with Crippen LogP contribution in [0.1, 0.15) is 44.7 Å². The molecule has 0 atom stereocenters. The molecular formula is C20H28N2O3. The summed E-state index contributed by atoms with van der Waals surface area (Å²) in [6.45, 7) is 8.83. The van der Waals surface area contributed by atoms with Gasteiger partial charge in [-0.15, -0.1) is 0 Å². The Morgan fingerprint density at radius 3 is 2.32 bits per heavy atom. The molecule has 5 heteroatoms. The van der Waals surface area contributed by atoms with Gasteiger partial charge in [-0.1, -0.05) is 29.8 Å². The quantitative estimate of drug-likeness (QED) is 0.854. The number of nitrogens with zero attached hydrogens (tertiary/aromatic N) is 1. The predicted molar refractivity (Wildman–Crippen MR) is 99.2 cm³/mol. The van der Waals surface area contributed by atoms with E-state index in [1.807, 2.05) is 62.9 Å². The third-order valence-corrected chi connectivity index (χ3v) is 4.02. The normalized spacial score (nSPS) is 16.1. The van der Waals surface area contributed by atoms with Crippen LogP contribution in [0.15, 0.2) is 30.3 Å². The molecule has 0 aliphatic carbocycles. The van der Waals surface area contributed by atoms with Crippen molar-refractivity contribution in [2.45, 2.75) is 52.2 Å². The van der Waals surface area contributed by atoms with Gasteiger partial charge in [-0.2, -0.15) is 0 Å². The maximum absolute atomic E-state index is 12.3. The fourth-order valence-corrected chi connectivity index (χ4v) is 2.67. The van der Waals surface area contributed by atoms with Gasteiger partial charge >= 0.3 is 6.09 Å². The average Bonchev–Trinajstić information content (AvgIpc) is 2.53. The van der Waals surface area contributed by atoms with Crippen LogP contribution >= 0.6 is 0 Å². The Bertz CT molecular complexity index is 621. The summed E-state index contributed by atoms with van der Waals surface area (Å²) in [6.07, 6.45) is 4.54. The first-order valence-electron chi connectivity index (χ1n) is 8.76. The van der Waals surface area contributed by atoms with Crippen LogP contribution in [0, 0.1) is 6.92 Å². The molecule has 25 heavy (non-hydrogen) atoms. The lowest BCUT2D eigenvalue weighted by Crippen LogP contribution is -2.47. The van der Waals surface area contributed by atoms with E-state index in [1.54, 1.807) is 6.08 Å². The molecule has 1 aliphatic rings. The first-order valence-corrected chi connectivity index (χ1v) is 8.76. The van der Waals surface area contributed by atoms with Gasteiger partial charge in [-0.3, -0.25) is 4.79 Å². The van der Waals surface area contributed by atoms with Gasteiger partial charge in [-0.25, -0.2) is 4.79 Å². The summed E-state index contributed by atoms with van der Waals surface area (Å²) in [5, 5.41) is 2.88. The Balaban J connectivity index is 1.78. The molecule has 0 bridgehead atoms. The molecule has 1 N–H and O–H groups in total. The summed E-state index contributed by atoms with van der Waals surface area (Å²) in [4.78, 5) is 25.9. The van der Waals surface area contributed by atoms with Crippen LogP contribution in [-0.4, -0.2) is 41.6 Å². The Morgan fingerprint density at radius 2 is 1.76 bits per heavy atom. The Kier molecular flexibility index (Phi) is 6.23. The van der Waals surface area contributed by atoms with Crippen molar-refractivity contribution in [2.75, 3.05) is 13.1 Å². The van der Waals surface area contributed by atoms with E-state index in [9.17, 15) is 9.59 Å². The minimum Gasteiger partial charge on any atom is -0.444 e. The highest BCUT2D eigenvalue weighted by Gasteiger charge is 2.24. The highest BCUT2D eigenvalue weighted by molar-refractivity contribution is 5.91. The van der Waals surface area contributed by atoms with E-state index in [2.05, 4.69) is 5.32 Å². The Labute approximate surface area is 150 Å². The molecule has 1 aromatic carbocycles. The predicted octanol–water partition coefficient (Wildman–Crippen LogP) is 3.52. The van der Waals surface area contributed by atoms with Crippen LogP contribution < -0.4 is 5.32 Å². The average molecular weight is 344 g/mol. The maximum Gasteiger partial charge on any atom is 0.407 e. The van der Waals surface area contributed by atoms with Gasteiger partial charge in [0.2, 0.25) is 5.91 Å². The van der Waals surface area contributed by atoms with Crippen molar-refractivity contribution in [1.29, 1.82) is 0 Å². The molecule has 1 aliphatic heterocycles. The van der Waals surface area contributed by atoms with Crippen molar-refractivity contribution in [2.24, 2.45) is 0 Å². The number of carbonyl (C=O) groups excluding carboxylic acids is 2. The molecule has 136 valence electrons. The van der Waals surface area contributed by atoms with E-state index in [0.29, 0.717) is 13.1 Å². The van der Waals surface area contributed by atoms with Crippen molar-refractivity contribution < 1.29 is 14.3 Å². The minimum absolute atomic E-state index is 0.0105. The highest BCUT2D eigenvalue weighted by atomic mass is 16.6. The van der Waals surface area contributed by atoms with Crippen LogP contribution in [0.2, 0.25) is 0 Å². The third kappa shape index (κ3) is 6.61. The van der Waals surface area contributed by atoms with Gasteiger partial charge in [0, 0.05) is 25.2 Å². The molecule has 1 heterocycles. The van der Waals surface area contributed by atoms with E-state index in [1.165, 1.54) is 5.56 Å². The van der Waals surface area contributed by atoms with Crippen molar-refractivity contribution in [1.82, 2.24) is 10.2 Å². The number of aryl methyl sites for hydroxylation is 1. The number of ether oxygens (including phenoxy) is 1. The fourth-order valence-electron chi connectivity index (χ4n) is 2.67. The molecule has 0 aromatic heterocycles. The second-order valence-corrected chi connectivity index (χ2v) is 7.49. The zero-order valence-electron chi connectivity index (χ0n) is 15.5. The molecule has 2 amide bonds. The topological polar surface area (TPSA) is 58.6 Å². The third-order valence-electron chi connectivity index (χ3n) is 4.02. The number of alkyl carbamates (subject to hydrolysis) is 1. The fraction of sp³-hybridized carbons (Fsp3) is 0.500. The van der Waals surface area contributed by atoms with Crippen molar-refractivity contribution in [3.63, 3.8) is 0 Å². The number of hydrogen-bond donors (Lipinski definition) is 1. The van der Waals surface area contributed by atoms with Crippen LogP contribution in [0.4, 0.5) is 4.79 Å². The minimum atomic E-state index is -0.498. The largest absolute Gasteiger partial charge is 0.444 e. The SMILES string of the molecule is Cc1ccc(/C=C/C(=O)N2CCC(NC(=O)OC(C)(C)C)CC2)cc1. The number of piperidine rings is 1. The van der Waals surface area contributed by atoms with Crippen LogP contribution in [0.3, 0.4) is 0 Å². The zero-order valence-corrected chi connectivity index (χ0v) is 15.5. The maximum atomic E-state index is 12.3. The van der Waals surface area contributed by atoms with Gasteiger partial charge in [0.25, 0.3) is 0 Å².